The number of rotatable bonds is 7. The SMILES string of the molecule is COc1ccccc1CN1Cc2cc(NC(=O)c3c(OC)cccc3OC)ccc2OC(C)C1=O. The summed E-state index contributed by atoms with van der Waals surface area (Å²) in [5.74, 6) is 1.62. The first kappa shape index (κ1) is 23.9. The second-order valence-corrected chi connectivity index (χ2v) is 8.08. The summed E-state index contributed by atoms with van der Waals surface area (Å²) >= 11 is 0. The standard InChI is InChI=1S/C27H28N2O6/c1-17-27(31)29(15-18-8-5-6-9-21(18)32-2)16-19-14-20(12-13-22(19)35-17)28-26(30)25-23(33-3)10-7-11-24(25)34-4/h5-14,17H,15-16H2,1-4H3,(H,28,30). The minimum absolute atomic E-state index is 0.128. The molecule has 0 spiro atoms. The van der Waals surface area contributed by atoms with Gasteiger partial charge in [-0.25, -0.2) is 0 Å². The number of nitrogens with one attached hydrogen (secondary N) is 1. The largest absolute Gasteiger partial charge is 0.496 e. The van der Waals surface area contributed by atoms with Crippen LogP contribution in [0.25, 0.3) is 0 Å². The quantitative estimate of drug-likeness (QED) is 0.548. The van der Waals surface area contributed by atoms with E-state index >= 15 is 0 Å². The monoisotopic (exact) mass is 476 g/mol. The van der Waals surface area contributed by atoms with Crippen molar-refractivity contribution in [2.45, 2.75) is 26.1 Å². The molecule has 0 radical (unpaired) electrons. The fraction of sp³-hybridized carbons (Fsp3) is 0.259. The van der Waals surface area contributed by atoms with Crippen molar-refractivity contribution in [1.29, 1.82) is 0 Å². The molecule has 8 heteroatoms. The molecule has 0 aliphatic carbocycles. The van der Waals surface area contributed by atoms with Crippen LogP contribution in [0.5, 0.6) is 23.0 Å². The summed E-state index contributed by atoms with van der Waals surface area (Å²) in [5, 5.41) is 2.91. The molecule has 0 saturated heterocycles. The highest BCUT2D eigenvalue weighted by Gasteiger charge is 2.29. The van der Waals surface area contributed by atoms with E-state index in [-0.39, 0.29) is 11.8 Å². The van der Waals surface area contributed by atoms with Crippen LogP contribution in [0, 0.1) is 0 Å². The number of hydrogen-bond donors (Lipinski definition) is 1. The van der Waals surface area contributed by atoms with E-state index in [1.54, 1.807) is 49.3 Å². The molecule has 1 unspecified atom stereocenters. The van der Waals surface area contributed by atoms with Crippen molar-refractivity contribution in [3.05, 3.63) is 77.4 Å². The maximum absolute atomic E-state index is 13.1. The third-order valence-electron chi connectivity index (χ3n) is 5.85. The molecule has 3 aromatic rings. The molecule has 0 aromatic heterocycles. The zero-order valence-corrected chi connectivity index (χ0v) is 20.2. The Balaban J connectivity index is 1.61. The number of ether oxygens (including phenoxy) is 4. The lowest BCUT2D eigenvalue weighted by atomic mass is 10.1. The van der Waals surface area contributed by atoms with Crippen LogP contribution >= 0.6 is 0 Å². The van der Waals surface area contributed by atoms with E-state index in [1.165, 1.54) is 14.2 Å². The number of fused-ring (bicyclic) bond motifs is 1. The van der Waals surface area contributed by atoms with Crippen LogP contribution in [0.1, 0.15) is 28.4 Å². The van der Waals surface area contributed by atoms with Gasteiger partial charge in [0.2, 0.25) is 0 Å². The first-order valence-corrected chi connectivity index (χ1v) is 11.2. The van der Waals surface area contributed by atoms with Crippen LogP contribution in [0.2, 0.25) is 0 Å². The van der Waals surface area contributed by atoms with Crippen molar-refractivity contribution < 1.29 is 28.5 Å². The zero-order valence-electron chi connectivity index (χ0n) is 20.2. The van der Waals surface area contributed by atoms with Gasteiger partial charge in [0.1, 0.15) is 28.6 Å². The Morgan fingerprint density at radius 3 is 2.31 bits per heavy atom. The molecule has 1 atom stereocenters. The van der Waals surface area contributed by atoms with Gasteiger partial charge in [-0.1, -0.05) is 24.3 Å². The van der Waals surface area contributed by atoms with Crippen LogP contribution in [-0.4, -0.2) is 44.1 Å². The summed E-state index contributed by atoms with van der Waals surface area (Å²) in [6.45, 7) is 2.42. The summed E-state index contributed by atoms with van der Waals surface area (Å²) < 4.78 is 22.1. The maximum Gasteiger partial charge on any atom is 0.263 e. The number of benzene rings is 3. The Kier molecular flexibility index (Phi) is 7.10. The first-order chi connectivity index (χ1) is 16.9. The molecular formula is C27H28N2O6. The summed E-state index contributed by atoms with van der Waals surface area (Å²) in [5.41, 5.74) is 2.53. The van der Waals surface area contributed by atoms with Crippen LogP contribution in [0.15, 0.2) is 60.7 Å². The minimum atomic E-state index is -0.649. The summed E-state index contributed by atoms with van der Waals surface area (Å²) in [6, 6.07) is 18.1. The number of anilines is 1. The second kappa shape index (κ2) is 10.4. The van der Waals surface area contributed by atoms with Gasteiger partial charge in [0.15, 0.2) is 6.10 Å². The lowest BCUT2D eigenvalue weighted by Gasteiger charge is -2.23. The van der Waals surface area contributed by atoms with Crippen LogP contribution in [-0.2, 0) is 17.9 Å². The van der Waals surface area contributed by atoms with Gasteiger partial charge in [0, 0.05) is 29.9 Å². The highest BCUT2D eigenvalue weighted by atomic mass is 16.5. The van der Waals surface area contributed by atoms with Crippen molar-refractivity contribution in [1.82, 2.24) is 4.90 Å². The number of carbonyl (C=O) groups is 2. The Bertz CT molecular complexity index is 1220. The molecule has 182 valence electrons. The summed E-state index contributed by atoms with van der Waals surface area (Å²) in [6.07, 6.45) is -0.649. The maximum atomic E-state index is 13.1. The van der Waals surface area contributed by atoms with Gasteiger partial charge in [-0.2, -0.15) is 0 Å². The molecule has 1 N–H and O–H groups in total. The number of hydrogen-bond acceptors (Lipinski definition) is 6. The zero-order chi connectivity index (χ0) is 24.9. The molecular weight excluding hydrogens is 448 g/mol. The van der Waals surface area contributed by atoms with E-state index in [2.05, 4.69) is 5.32 Å². The average Bonchev–Trinajstić information content (AvgIpc) is 2.99. The molecule has 1 heterocycles. The summed E-state index contributed by atoms with van der Waals surface area (Å²) in [4.78, 5) is 27.9. The highest BCUT2D eigenvalue weighted by molar-refractivity contribution is 6.08. The van der Waals surface area contributed by atoms with E-state index in [0.29, 0.717) is 47.3 Å². The number of nitrogens with zero attached hydrogens (tertiary/aromatic N) is 1. The third kappa shape index (κ3) is 5.01. The molecule has 1 aliphatic rings. The normalized spacial score (nSPS) is 14.9. The molecule has 35 heavy (non-hydrogen) atoms. The number of amides is 2. The molecule has 8 nitrogen and oxygen atoms in total. The van der Waals surface area contributed by atoms with Gasteiger partial charge in [-0.15, -0.1) is 0 Å². The molecule has 0 bridgehead atoms. The molecule has 4 rings (SSSR count). The highest BCUT2D eigenvalue weighted by Crippen LogP contribution is 2.32. The van der Waals surface area contributed by atoms with Crippen LogP contribution in [0.4, 0.5) is 5.69 Å². The lowest BCUT2D eigenvalue weighted by Crippen LogP contribution is -2.37. The molecule has 0 saturated carbocycles. The predicted molar refractivity (Wildman–Crippen MR) is 131 cm³/mol. The Morgan fingerprint density at radius 2 is 1.63 bits per heavy atom. The van der Waals surface area contributed by atoms with E-state index in [4.69, 9.17) is 18.9 Å². The molecule has 2 amide bonds. The third-order valence-corrected chi connectivity index (χ3v) is 5.85. The van der Waals surface area contributed by atoms with Crippen molar-refractivity contribution >= 4 is 17.5 Å². The second-order valence-electron chi connectivity index (χ2n) is 8.08. The van der Waals surface area contributed by atoms with Gasteiger partial charge in [0.05, 0.1) is 21.3 Å². The van der Waals surface area contributed by atoms with E-state index in [9.17, 15) is 9.59 Å². The topological polar surface area (TPSA) is 86.3 Å². The molecule has 1 aliphatic heterocycles. The van der Waals surface area contributed by atoms with Gasteiger partial charge in [0.25, 0.3) is 11.8 Å². The summed E-state index contributed by atoms with van der Waals surface area (Å²) in [7, 11) is 4.61. The smallest absolute Gasteiger partial charge is 0.263 e. The Morgan fingerprint density at radius 1 is 0.971 bits per heavy atom. The minimum Gasteiger partial charge on any atom is -0.496 e. The Hall–Kier alpha value is -4.20. The van der Waals surface area contributed by atoms with E-state index in [0.717, 1.165) is 11.1 Å². The van der Waals surface area contributed by atoms with E-state index in [1.807, 2.05) is 30.3 Å². The number of methoxy groups -OCH3 is 3. The van der Waals surface area contributed by atoms with Crippen molar-refractivity contribution in [2.24, 2.45) is 0 Å². The van der Waals surface area contributed by atoms with Crippen molar-refractivity contribution in [2.75, 3.05) is 26.6 Å². The van der Waals surface area contributed by atoms with E-state index < -0.39 is 6.10 Å². The van der Waals surface area contributed by atoms with Gasteiger partial charge >= 0.3 is 0 Å². The Labute approximate surface area is 204 Å². The van der Waals surface area contributed by atoms with Gasteiger partial charge < -0.3 is 29.2 Å². The fourth-order valence-corrected chi connectivity index (χ4v) is 4.12. The van der Waals surface area contributed by atoms with Crippen LogP contribution in [0.3, 0.4) is 0 Å². The average molecular weight is 477 g/mol. The first-order valence-electron chi connectivity index (χ1n) is 11.2. The molecule has 3 aromatic carbocycles. The number of carbonyl (C=O) groups excluding carboxylic acids is 2. The number of para-hydroxylation sites is 1. The van der Waals surface area contributed by atoms with Crippen LogP contribution < -0.4 is 24.3 Å². The van der Waals surface area contributed by atoms with Gasteiger partial charge in [-0.05, 0) is 43.3 Å². The van der Waals surface area contributed by atoms with Crippen molar-refractivity contribution in [3.63, 3.8) is 0 Å². The fourth-order valence-electron chi connectivity index (χ4n) is 4.12. The van der Waals surface area contributed by atoms with Gasteiger partial charge in [-0.3, -0.25) is 9.59 Å². The van der Waals surface area contributed by atoms with Crippen molar-refractivity contribution in [3.8, 4) is 23.0 Å². The lowest BCUT2D eigenvalue weighted by molar-refractivity contribution is -0.138. The molecule has 0 fully saturated rings. The predicted octanol–water partition coefficient (Wildman–Crippen LogP) is 4.27.